The molecule has 2 unspecified atom stereocenters. The topological polar surface area (TPSA) is 29.5 Å². The van der Waals surface area contributed by atoms with Crippen LogP contribution < -0.4 is 0 Å². The first kappa shape index (κ1) is 13.4. The number of ether oxygens (including phenoxy) is 1. The number of carbonyl (C=O) groups is 1. The molecular weight excluding hydrogens is 246 g/mol. The third kappa shape index (κ3) is 2.87. The van der Waals surface area contributed by atoms with E-state index in [0.29, 0.717) is 18.7 Å². The summed E-state index contributed by atoms with van der Waals surface area (Å²) in [4.78, 5) is 15.2. The molecule has 1 fully saturated rings. The number of carbonyl (C=O) groups excluding carboxylic acids is 1. The molecule has 1 aliphatic rings. The second-order valence-corrected chi connectivity index (χ2v) is 5.23. The maximum atomic E-state index is 12.5. The van der Waals surface area contributed by atoms with Crippen LogP contribution in [0.1, 0.15) is 30.6 Å². The van der Waals surface area contributed by atoms with Crippen molar-refractivity contribution in [3.63, 3.8) is 0 Å². The van der Waals surface area contributed by atoms with Gasteiger partial charge in [0.25, 0.3) is 5.91 Å². The smallest absolute Gasteiger partial charge is 0.254 e. The summed E-state index contributed by atoms with van der Waals surface area (Å²) in [6, 6.07) is 7.57. The molecule has 0 aliphatic carbocycles. The Morgan fingerprint density at radius 3 is 3.00 bits per heavy atom. The lowest BCUT2D eigenvalue weighted by Crippen LogP contribution is -2.51. The Morgan fingerprint density at radius 1 is 1.56 bits per heavy atom. The molecule has 0 radical (unpaired) electrons. The highest BCUT2D eigenvalue weighted by Crippen LogP contribution is 2.19. The monoisotopic (exact) mass is 265 g/mol. The molecule has 2 rings (SSSR count). The van der Waals surface area contributed by atoms with Crippen LogP contribution in [0.25, 0.3) is 0 Å². The van der Waals surface area contributed by atoms with Gasteiger partial charge in [-0.2, -0.15) is 0 Å². The molecule has 4 heteroatoms. The fourth-order valence-corrected chi connectivity index (χ4v) is 2.46. The van der Waals surface area contributed by atoms with Crippen molar-refractivity contribution in [1.82, 2.24) is 4.90 Å². The first-order valence-corrected chi connectivity index (χ1v) is 6.78. The number of amides is 1. The van der Waals surface area contributed by atoms with Crippen LogP contribution in [0.5, 0.6) is 0 Å². The van der Waals surface area contributed by atoms with Crippen molar-refractivity contribution in [2.45, 2.75) is 37.3 Å². The number of hydrogen-bond donors (Lipinski definition) is 1. The molecule has 98 valence electrons. The van der Waals surface area contributed by atoms with Gasteiger partial charge in [0.05, 0.1) is 18.8 Å². The Bertz CT molecular complexity index is 436. The van der Waals surface area contributed by atoms with Gasteiger partial charge in [-0.1, -0.05) is 13.0 Å². The van der Waals surface area contributed by atoms with E-state index in [2.05, 4.69) is 19.6 Å². The minimum atomic E-state index is 0.0768. The zero-order chi connectivity index (χ0) is 13.1. The van der Waals surface area contributed by atoms with Crippen molar-refractivity contribution in [1.29, 1.82) is 0 Å². The molecule has 0 saturated carbocycles. The third-order valence-electron chi connectivity index (χ3n) is 3.29. The van der Waals surface area contributed by atoms with E-state index in [1.165, 1.54) is 0 Å². The highest BCUT2D eigenvalue weighted by molar-refractivity contribution is 7.80. The van der Waals surface area contributed by atoms with Gasteiger partial charge in [-0.25, -0.2) is 0 Å². The molecule has 1 saturated heterocycles. The van der Waals surface area contributed by atoms with Gasteiger partial charge in [0.2, 0.25) is 0 Å². The summed E-state index contributed by atoms with van der Waals surface area (Å²) < 4.78 is 5.61. The van der Waals surface area contributed by atoms with E-state index in [4.69, 9.17) is 4.74 Å². The van der Waals surface area contributed by atoms with E-state index >= 15 is 0 Å². The zero-order valence-electron chi connectivity index (χ0n) is 10.8. The minimum absolute atomic E-state index is 0.0768. The van der Waals surface area contributed by atoms with Crippen molar-refractivity contribution in [2.75, 3.05) is 13.2 Å². The molecule has 1 heterocycles. The van der Waals surface area contributed by atoms with Crippen LogP contribution in [0.4, 0.5) is 0 Å². The summed E-state index contributed by atoms with van der Waals surface area (Å²) in [5.74, 6) is 0.0768. The van der Waals surface area contributed by atoms with Gasteiger partial charge < -0.3 is 9.64 Å². The molecule has 0 N–H and O–H groups in total. The maximum Gasteiger partial charge on any atom is 0.254 e. The van der Waals surface area contributed by atoms with Crippen molar-refractivity contribution in [3.05, 3.63) is 29.8 Å². The largest absolute Gasteiger partial charge is 0.375 e. The lowest BCUT2D eigenvalue weighted by molar-refractivity contribution is -0.0444. The van der Waals surface area contributed by atoms with Crippen molar-refractivity contribution in [2.24, 2.45) is 0 Å². The first-order chi connectivity index (χ1) is 8.61. The van der Waals surface area contributed by atoms with Crippen LogP contribution in [0.2, 0.25) is 0 Å². The number of thiol groups is 1. The normalized spacial score (nSPS) is 24.1. The summed E-state index contributed by atoms with van der Waals surface area (Å²) in [6.07, 6.45) is 1.02. The molecular formula is C14H19NO2S. The van der Waals surface area contributed by atoms with Crippen LogP contribution in [0.3, 0.4) is 0 Å². The highest BCUT2D eigenvalue weighted by atomic mass is 32.1. The Kier molecular flexibility index (Phi) is 4.30. The Labute approximate surface area is 114 Å². The minimum Gasteiger partial charge on any atom is -0.375 e. The molecule has 1 aromatic carbocycles. The Balaban J connectivity index is 2.20. The lowest BCUT2D eigenvalue weighted by Gasteiger charge is -2.38. The quantitative estimate of drug-likeness (QED) is 0.833. The second kappa shape index (κ2) is 5.76. The number of benzene rings is 1. The van der Waals surface area contributed by atoms with Crippen molar-refractivity contribution >= 4 is 18.5 Å². The summed E-state index contributed by atoms with van der Waals surface area (Å²) in [5.41, 5.74) is 0.704. The van der Waals surface area contributed by atoms with Crippen LogP contribution in [-0.2, 0) is 4.74 Å². The van der Waals surface area contributed by atoms with Gasteiger partial charge in [0.15, 0.2) is 0 Å². The summed E-state index contributed by atoms with van der Waals surface area (Å²) in [5, 5.41) is 0. The fourth-order valence-electron chi connectivity index (χ4n) is 2.24. The number of rotatable bonds is 2. The van der Waals surface area contributed by atoms with Crippen molar-refractivity contribution in [3.8, 4) is 0 Å². The van der Waals surface area contributed by atoms with Crippen LogP contribution in [0, 0.1) is 0 Å². The number of hydrogen-bond acceptors (Lipinski definition) is 3. The predicted octanol–water partition coefficient (Wildman–Crippen LogP) is 2.61. The molecule has 3 nitrogen and oxygen atoms in total. The van der Waals surface area contributed by atoms with E-state index in [-0.39, 0.29) is 18.1 Å². The Hall–Kier alpha value is -1.00. The third-order valence-corrected chi connectivity index (χ3v) is 3.57. The van der Waals surface area contributed by atoms with Gasteiger partial charge in [-0.05, 0) is 31.5 Å². The average molecular weight is 265 g/mol. The van der Waals surface area contributed by atoms with Gasteiger partial charge in [0, 0.05) is 17.0 Å². The highest BCUT2D eigenvalue weighted by Gasteiger charge is 2.29. The molecule has 1 aromatic rings. The number of nitrogens with zero attached hydrogens (tertiary/aromatic N) is 1. The van der Waals surface area contributed by atoms with E-state index < -0.39 is 0 Å². The predicted molar refractivity (Wildman–Crippen MR) is 74.2 cm³/mol. The van der Waals surface area contributed by atoms with Gasteiger partial charge in [0.1, 0.15) is 0 Å². The molecule has 18 heavy (non-hydrogen) atoms. The molecule has 0 spiro atoms. The lowest BCUT2D eigenvalue weighted by atomic mass is 10.1. The summed E-state index contributed by atoms with van der Waals surface area (Å²) in [6.45, 7) is 5.37. The first-order valence-electron chi connectivity index (χ1n) is 6.33. The van der Waals surface area contributed by atoms with Crippen LogP contribution in [-0.4, -0.2) is 36.1 Å². The van der Waals surface area contributed by atoms with E-state index in [1.54, 1.807) is 0 Å². The van der Waals surface area contributed by atoms with E-state index in [0.717, 1.165) is 11.3 Å². The van der Waals surface area contributed by atoms with Gasteiger partial charge in [-0.3, -0.25) is 4.79 Å². The summed E-state index contributed by atoms with van der Waals surface area (Å²) in [7, 11) is 0. The average Bonchev–Trinajstić information content (AvgIpc) is 2.38. The standard InChI is InChI=1S/C14H19NO2S/c1-3-12-9-17-10(2)8-15(12)14(16)11-5-4-6-13(18)7-11/h4-7,10,12,18H,3,8-9H2,1-2H3. The second-order valence-electron chi connectivity index (χ2n) is 4.71. The van der Waals surface area contributed by atoms with Gasteiger partial charge in [-0.15, -0.1) is 12.6 Å². The van der Waals surface area contributed by atoms with E-state index in [9.17, 15) is 4.79 Å². The SMILES string of the molecule is CCC1COC(C)CN1C(=O)c1cccc(S)c1. The zero-order valence-corrected chi connectivity index (χ0v) is 11.7. The maximum absolute atomic E-state index is 12.5. The molecule has 0 bridgehead atoms. The fraction of sp³-hybridized carbons (Fsp3) is 0.500. The molecule has 2 atom stereocenters. The van der Waals surface area contributed by atoms with Crippen LogP contribution in [0.15, 0.2) is 29.2 Å². The van der Waals surface area contributed by atoms with Gasteiger partial charge >= 0.3 is 0 Å². The molecule has 0 aromatic heterocycles. The Morgan fingerprint density at radius 2 is 2.33 bits per heavy atom. The molecule has 1 aliphatic heterocycles. The number of morpholine rings is 1. The van der Waals surface area contributed by atoms with Crippen molar-refractivity contribution < 1.29 is 9.53 Å². The van der Waals surface area contributed by atoms with Crippen LogP contribution >= 0.6 is 12.6 Å². The molecule has 1 amide bonds. The summed E-state index contributed by atoms with van der Waals surface area (Å²) >= 11 is 4.28. The van der Waals surface area contributed by atoms with E-state index in [1.807, 2.05) is 36.1 Å².